The maximum atomic E-state index is 13.8. The third kappa shape index (κ3) is 3.89. The van der Waals surface area contributed by atoms with Gasteiger partial charge in [-0.05, 0) is 48.4 Å². The molecule has 0 bridgehead atoms. The molecule has 0 saturated heterocycles. The number of benzene rings is 1. The molecule has 3 N–H and O–H groups in total. The van der Waals surface area contributed by atoms with Gasteiger partial charge in [-0.15, -0.1) is 10.2 Å². The van der Waals surface area contributed by atoms with Gasteiger partial charge in [-0.25, -0.2) is 9.37 Å². The second kappa shape index (κ2) is 7.37. The first kappa shape index (κ1) is 19.2. The average molecular weight is 419 g/mol. The van der Waals surface area contributed by atoms with E-state index in [2.05, 4.69) is 20.4 Å². The quantitative estimate of drug-likeness (QED) is 0.598. The zero-order valence-electron chi connectivity index (χ0n) is 15.0. The molecule has 4 rings (SSSR count). The van der Waals surface area contributed by atoms with Crippen molar-refractivity contribution in [2.24, 2.45) is 11.1 Å². The van der Waals surface area contributed by atoms with E-state index >= 15 is 0 Å². The van der Waals surface area contributed by atoms with Crippen LogP contribution in [-0.2, 0) is 11.3 Å². The van der Waals surface area contributed by atoms with Gasteiger partial charge in [0.15, 0.2) is 5.82 Å². The summed E-state index contributed by atoms with van der Waals surface area (Å²) in [6.07, 6.45) is 2.39. The Morgan fingerprint density at radius 2 is 2.10 bits per heavy atom. The number of hydrogen-bond acceptors (Lipinski definition) is 7. The van der Waals surface area contributed by atoms with Crippen molar-refractivity contribution in [3.05, 3.63) is 47.4 Å². The minimum Gasteiger partial charge on any atom is -0.481 e. The van der Waals surface area contributed by atoms with E-state index in [4.69, 9.17) is 22.1 Å². The highest BCUT2D eigenvalue weighted by Gasteiger charge is 2.55. The summed E-state index contributed by atoms with van der Waals surface area (Å²) >= 11 is 5.67. The minimum absolute atomic E-state index is 0.155. The number of carboxylic acid groups (broad SMARTS) is 1. The van der Waals surface area contributed by atoms with Gasteiger partial charge >= 0.3 is 5.97 Å². The van der Waals surface area contributed by atoms with E-state index in [9.17, 15) is 14.3 Å². The van der Waals surface area contributed by atoms with Crippen LogP contribution in [0.4, 0.5) is 4.39 Å². The van der Waals surface area contributed by atoms with Gasteiger partial charge in [-0.2, -0.15) is 4.80 Å². The highest BCUT2D eigenvalue weighted by Crippen LogP contribution is 2.48. The summed E-state index contributed by atoms with van der Waals surface area (Å²) < 4.78 is 19.2. The predicted octanol–water partition coefficient (Wildman–Crippen LogP) is 2.51. The minimum atomic E-state index is -0.896. The van der Waals surface area contributed by atoms with Crippen molar-refractivity contribution in [3.8, 4) is 23.0 Å². The summed E-state index contributed by atoms with van der Waals surface area (Å²) in [7, 11) is 0. The van der Waals surface area contributed by atoms with Crippen molar-refractivity contribution in [1.29, 1.82) is 0 Å². The first-order valence-corrected chi connectivity index (χ1v) is 9.11. The van der Waals surface area contributed by atoms with Gasteiger partial charge < -0.3 is 15.6 Å². The molecule has 11 heteroatoms. The van der Waals surface area contributed by atoms with Gasteiger partial charge in [0.2, 0.25) is 5.82 Å². The molecule has 1 aliphatic rings. The molecule has 1 fully saturated rings. The van der Waals surface area contributed by atoms with Gasteiger partial charge in [0.25, 0.3) is 5.88 Å². The van der Waals surface area contributed by atoms with Gasteiger partial charge in [0, 0.05) is 17.8 Å². The number of nitrogens with two attached hydrogens (primary N) is 1. The van der Waals surface area contributed by atoms with Gasteiger partial charge in [-0.1, -0.05) is 11.6 Å². The third-order valence-corrected chi connectivity index (χ3v) is 5.05. The van der Waals surface area contributed by atoms with Crippen LogP contribution in [-0.4, -0.2) is 42.3 Å². The topological polar surface area (TPSA) is 129 Å². The van der Waals surface area contributed by atoms with Crippen LogP contribution in [0.5, 0.6) is 11.6 Å². The van der Waals surface area contributed by atoms with Crippen molar-refractivity contribution < 1.29 is 19.0 Å². The standard InChI is InChI=1S/C18H16ClFN6O3/c19-11-7-13(20)16(22-8-11)29-12-3-1-10(2-4-12)15-23-25-26(24-15)9-14(21)18(5-6-18)17(27)28/h1-4,7-8,14H,5-6,9,21H2,(H,27,28). The van der Waals surface area contributed by atoms with E-state index in [1.54, 1.807) is 24.3 Å². The van der Waals surface area contributed by atoms with Crippen molar-refractivity contribution in [2.75, 3.05) is 0 Å². The maximum Gasteiger partial charge on any atom is 0.311 e. The Kier molecular flexibility index (Phi) is 4.89. The predicted molar refractivity (Wildman–Crippen MR) is 99.8 cm³/mol. The lowest BCUT2D eigenvalue weighted by molar-refractivity contribution is -0.144. The molecule has 2 aromatic heterocycles. The molecule has 29 heavy (non-hydrogen) atoms. The Morgan fingerprint density at radius 3 is 2.72 bits per heavy atom. The lowest BCUT2D eigenvalue weighted by Gasteiger charge is -2.17. The number of hydrogen-bond donors (Lipinski definition) is 2. The van der Waals surface area contributed by atoms with Crippen LogP contribution in [0, 0.1) is 11.2 Å². The summed E-state index contributed by atoms with van der Waals surface area (Å²) in [4.78, 5) is 16.4. The molecule has 1 aliphatic carbocycles. The Balaban J connectivity index is 1.44. The Morgan fingerprint density at radius 1 is 1.38 bits per heavy atom. The number of carboxylic acids is 1. The van der Waals surface area contributed by atoms with Crippen LogP contribution in [0.2, 0.25) is 5.02 Å². The Hall–Kier alpha value is -3.11. The first-order valence-electron chi connectivity index (χ1n) is 8.73. The number of aromatic nitrogens is 5. The van der Waals surface area contributed by atoms with Crippen molar-refractivity contribution >= 4 is 17.6 Å². The van der Waals surface area contributed by atoms with Crippen molar-refractivity contribution in [2.45, 2.75) is 25.4 Å². The molecule has 9 nitrogen and oxygen atoms in total. The Bertz CT molecular complexity index is 1050. The molecule has 0 aliphatic heterocycles. The lowest BCUT2D eigenvalue weighted by Crippen LogP contribution is -2.41. The van der Waals surface area contributed by atoms with E-state index in [-0.39, 0.29) is 17.4 Å². The normalized spacial score (nSPS) is 15.7. The summed E-state index contributed by atoms with van der Waals surface area (Å²) in [5.41, 5.74) is 5.80. The number of halogens is 2. The van der Waals surface area contributed by atoms with Crippen molar-refractivity contribution in [3.63, 3.8) is 0 Å². The summed E-state index contributed by atoms with van der Waals surface area (Å²) in [5.74, 6) is -1.04. The van der Waals surface area contributed by atoms with Crippen LogP contribution < -0.4 is 10.5 Å². The molecular formula is C18H16ClFN6O3. The van der Waals surface area contributed by atoms with Gasteiger partial charge in [0.1, 0.15) is 5.75 Å². The van der Waals surface area contributed by atoms with Gasteiger partial charge in [0.05, 0.1) is 17.0 Å². The fourth-order valence-corrected chi connectivity index (χ4v) is 3.07. The molecular weight excluding hydrogens is 403 g/mol. The molecule has 0 amide bonds. The zero-order valence-corrected chi connectivity index (χ0v) is 15.8. The van der Waals surface area contributed by atoms with E-state index in [1.807, 2.05) is 0 Å². The largest absolute Gasteiger partial charge is 0.481 e. The first-order chi connectivity index (χ1) is 13.9. The van der Waals surface area contributed by atoms with Crippen molar-refractivity contribution in [1.82, 2.24) is 25.2 Å². The van der Waals surface area contributed by atoms with E-state index in [0.717, 1.165) is 6.07 Å². The molecule has 2 heterocycles. The summed E-state index contributed by atoms with van der Waals surface area (Å²) in [5, 5.41) is 21.7. The Labute approximate surface area is 169 Å². The lowest BCUT2D eigenvalue weighted by atomic mass is 9.98. The monoisotopic (exact) mass is 418 g/mol. The molecule has 0 spiro atoms. The summed E-state index contributed by atoms with van der Waals surface area (Å²) in [6.45, 7) is 0.155. The molecule has 3 aromatic rings. The zero-order chi connectivity index (χ0) is 20.6. The molecule has 0 radical (unpaired) electrons. The second-order valence-electron chi connectivity index (χ2n) is 6.80. The molecule has 1 unspecified atom stereocenters. The molecule has 1 atom stereocenters. The number of pyridine rings is 1. The van der Waals surface area contributed by atoms with Gasteiger partial charge in [-0.3, -0.25) is 4.79 Å². The molecule has 1 saturated carbocycles. The SMILES string of the molecule is NC(Cn1nnc(-c2ccc(Oc3ncc(Cl)cc3F)cc2)n1)C1(C(=O)O)CC1. The number of tetrazole rings is 1. The van der Waals surface area contributed by atoms with Crippen LogP contribution in [0.15, 0.2) is 36.5 Å². The highest BCUT2D eigenvalue weighted by atomic mass is 35.5. The van der Waals surface area contributed by atoms with E-state index in [0.29, 0.717) is 30.0 Å². The fourth-order valence-electron chi connectivity index (χ4n) is 2.93. The van der Waals surface area contributed by atoms with Crippen LogP contribution >= 0.6 is 11.6 Å². The van der Waals surface area contributed by atoms with E-state index in [1.165, 1.54) is 11.0 Å². The van der Waals surface area contributed by atoms with E-state index < -0.39 is 23.2 Å². The molecule has 1 aromatic carbocycles. The number of nitrogens with zero attached hydrogens (tertiary/aromatic N) is 5. The number of aliphatic carboxylic acids is 1. The smallest absolute Gasteiger partial charge is 0.311 e. The fraction of sp³-hybridized carbons (Fsp3) is 0.278. The summed E-state index contributed by atoms with van der Waals surface area (Å²) in [6, 6.07) is 7.11. The number of rotatable bonds is 7. The van der Waals surface area contributed by atoms with Crippen LogP contribution in [0.1, 0.15) is 12.8 Å². The average Bonchev–Trinajstić information content (AvgIpc) is 3.39. The maximum absolute atomic E-state index is 13.8. The number of carbonyl (C=O) groups is 1. The number of ether oxygens (including phenoxy) is 1. The van der Waals surface area contributed by atoms with Crippen LogP contribution in [0.3, 0.4) is 0 Å². The third-order valence-electron chi connectivity index (χ3n) is 4.84. The highest BCUT2D eigenvalue weighted by molar-refractivity contribution is 6.30. The second-order valence-corrected chi connectivity index (χ2v) is 7.24. The van der Waals surface area contributed by atoms with Crippen LogP contribution in [0.25, 0.3) is 11.4 Å². The molecule has 150 valence electrons.